The number of benzene rings is 1. The van der Waals surface area contributed by atoms with E-state index in [1.54, 1.807) is 34.1 Å². The number of para-hydroxylation sites is 1. The Morgan fingerprint density at radius 1 is 1.12 bits per heavy atom. The highest BCUT2D eigenvalue weighted by atomic mass is 32.1. The van der Waals surface area contributed by atoms with Gasteiger partial charge in [0.1, 0.15) is 4.83 Å². The largest absolute Gasteiger partial charge is 0.337 e. The minimum Gasteiger partial charge on any atom is -0.280 e. The Labute approximate surface area is 143 Å². The molecular formula is C19H18N2O2S. The van der Waals surface area contributed by atoms with Crippen LogP contribution in [0.2, 0.25) is 0 Å². The number of allylic oxidation sites excluding steroid dienone is 1. The van der Waals surface area contributed by atoms with Crippen LogP contribution in [0.4, 0.5) is 0 Å². The van der Waals surface area contributed by atoms with Crippen molar-refractivity contribution in [1.82, 2.24) is 9.13 Å². The highest BCUT2D eigenvalue weighted by Gasteiger charge is 2.23. The maximum Gasteiger partial charge on any atom is 0.337 e. The van der Waals surface area contributed by atoms with Gasteiger partial charge in [0.25, 0.3) is 5.56 Å². The maximum atomic E-state index is 13.2. The normalized spacial score (nSPS) is 13.8. The molecule has 2 heterocycles. The molecule has 122 valence electrons. The Bertz CT molecular complexity index is 1040. The van der Waals surface area contributed by atoms with Gasteiger partial charge in [-0.2, -0.15) is 0 Å². The number of aryl methyl sites for hydroxylation is 2. The summed E-state index contributed by atoms with van der Waals surface area (Å²) in [5.41, 5.74) is 1.27. The van der Waals surface area contributed by atoms with Crippen LogP contribution in [0.1, 0.15) is 23.3 Å². The molecule has 5 heteroatoms. The molecule has 1 aliphatic carbocycles. The molecule has 0 saturated carbocycles. The molecular weight excluding hydrogens is 320 g/mol. The van der Waals surface area contributed by atoms with Crippen molar-refractivity contribution in [2.75, 3.05) is 0 Å². The molecule has 0 N–H and O–H groups in total. The van der Waals surface area contributed by atoms with Crippen molar-refractivity contribution in [3.8, 4) is 5.69 Å². The van der Waals surface area contributed by atoms with Crippen molar-refractivity contribution in [1.29, 1.82) is 0 Å². The van der Waals surface area contributed by atoms with Crippen LogP contribution < -0.4 is 11.2 Å². The van der Waals surface area contributed by atoms with Gasteiger partial charge in [-0.15, -0.1) is 17.9 Å². The van der Waals surface area contributed by atoms with E-state index >= 15 is 0 Å². The Kier molecular flexibility index (Phi) is 3.73. The van der Waals surface area contributed by atoms with Gasteiger partial charge in [-0.05, 0) is 43.4 Å². The first-order valence-electron chi connectivity index (χ1n) is 8.19. The van der Waals surface area contributed by atoms with Gasteiger partial charge >= 0.3 is 5.69 Å². The van der Waals surface area contributed by atoms with Crippen molar-refractivity contribution < 1.29 is 0 Å². The third-order valence-corrected chi connectivity index (χ3v) is 5.88. The van der Waals surface area contributed by atoms with E-state index in [-0.39, 0.29) is 11.2 Å². The van der Waals surface area contributed by atoms with Crippen LogP contribution in [0.15, 0.2) is 52.6 Å². The number of rotatable bonds is 3. The quantitative estimate of drug-likeness (QED) is 0.688. The third-order valence-electron chi connectivity index (χ3n) is 4.56. The van der Waals surface area contributed by atoms with Gasteiger partial charge in [0.2, 0.25) is 0 Å². The zero-order valence-corrected chi connectivity index (χ0v) is 14.1. The fourth-order valence-electron chi connectivity index (χ4n) is 3.46. The fraction of sp³-hybridized carbons (Fsp3) is 0.263. The van der Waals surface area contributed by atoms with Crippen molar-refractivity contribution in [3.63, 3.8) is 0 Å². The molecule has 0 unspecified atom stereocenters. The molecule has 0 saturated heterocycles. The van der Waals surface area contributed by atoms with Gasteiger partial charge in [0.05, 0.1) is 11.1 Å². The van der Waals surface area contributed by atoms with Gasteiger partial charge in [0, 0.05) is 11.4 Å². The lowest BCUT2D eigenvalue weighted by Crippen LogP contribution is -2.38. The second kappa shape index (κ2) is 5.91. The van der Waals surface area contributed by atoms with Gasteiger partial charge in [-0.1, -0.05) is 24.3 Å². The van der Waals surface area contributed by atoms with Crippen LogP contribution >= 0.6 is 11.3 Å². The zero-order chi connectivity index (χ0) is 16.7. The van der Waals surface area contributed by atoms with E-state index in [0.29, 0.717) is 12.2 Å². The summed E-state index contributed by atoms with van der Waals surface area (Å²) in [6.45, 7) is 4.17. The molecule has 0 amide bonds. The van der Waals surface area contributed by atoms with E-state index in [4.69, 9.17) is 0 Å². The topological polar surface area (TPSA) is 44.0 Å². The summed E-state index contributed by atoms with van der Waals surface area (Å²) in [4.78, 5) is 28.2. The number of thiophene rings is 1. The van der Waals surface area contributed by atoms with Crippen molar-refractivity contribution in [3.05, 3.63) is 74.3 Å². The standard InChI is InChI=1S/C19H18N2O2S/c1-2-12-20-18-16(14-10-6-7-11-15(14)24-18)17(22)21(19(20)23)13-8-4-3-5-9-13/h2-5,8-9H,1,6-7,10-12H2. The lowest BCUT2D eigenvalue weighted by atomic mass is 9.97. The molecule has 4 nitrogen and oxygen atoms in total. The highest BCUT2D eigenvalue weighted by molar-refractivity contribution is 7.18. The molecule has 0 bridgehead atoms. The monoisotopic (exact) mass is 338 g/mol. The predicted molar refractivity (Wildman–Crippen MR) is 98.5 cm³/mol. The average molecular weight is 338 g/mol. The van der Waals surface area contributed by atoms with Gasteiger partial charge < -0.3 is 0 Å². The molecule has 0 atom stereocenters. The number of nitrogens with zero attached hydrogens (tertiary/aromatic N) is 2. The Balaban J connectivity index is 2.16. The smallest absolute Gasteiger partial charge is 0.280 e. The first-order chi connectivity index (χ1) is 11.7. The van der Waals surface area contributed by atoms with Crippen LogP contribution in [0, 0.1) is 0 Å². The van der Waals surface area contributed by atoms with Crippen LogP contribution in [0.5, 0.6) is 0 Å². The van der Waals surface area contributed by atoms with Gasteiger partial charge in [-0.3, -0.25) is 9.36 Å². The molecule has 0 aliphatic heterocycles. The van der Waals surface area contributed by atoms with E-state index < -0.39 is 0 Å². The van der Waals surface area contributed by atoms with Crippen molar-refractivity contribution in [2.45, 2.75) is 32.2 Å². The lowest BCUT2D eigenvalue weighted by Gasteiger charge is -2.12. The zero-order valence-electron chi connectivity index (χ0n) is 13.3. The van der Waals surface area contributed by atoms with Crippen LogP contribution in [0.3, 0.4) is 0 Å². The first-order valence-corrected chi connectivity index (χ1v) is 9.00. The van der Waals surface area contributed by atoms with E-state index in [1.807, 2.05) is 18.2 Å². The van der Waals surface area contributed by atoms with Gasteiger partial charge in [-0.25, -0.2) is 9.36 Å². The molecule has 24 heavy (non-hydrogen) atoms. The van der Waals surface area contributed by atoms with Gasteiger partial charge in [0.15, 0.2) is 0 Å². The van der Waals surface area contributed by atoms with E-state index in [9.17, 15) is 9.59 Å². The van der Waals surface area contributed by atoms with E-state index in [1.165, 1.54) is 9.44 Å². The number of fused-ring (bicyclic) bond motifs is 3. The number of hydrogen-bond donors (Lipinski definition) is 0. The predicted octanol–water partition coefficient (Wildman–Crippen LogP) is 3.28. The summed E-state index contributed by atoms with van der Waals surface area (Å²) in [5, 5.41) is 0.722. The maximum absolute atomic E-state index is 13.2. The van der Waals surface area contributed by atoms with Crippen LogP contribution in [0.25, 0.3) is 15.9 Å². The van der Waals surface area contributed by atoms with E-state index in [2.05, 4.69) is 6.58 Å². The molecule has 0 radical (unpaired) electrons. The summed E-state index contributed by atoms with van der Waals surface area (Å²) in [6, 6.07) is 9.15. The van der Waals surface area contributed by atoms with Crippen LogP contribution in [-0.4, -0.2) is 9.13 Å². The molecule has 1 aromatic carbocycles. The van der Waals surface area contributed by atoms with Crippen molar-refractivity contribution in [2.24, 2.45) is 0 Å². The highest BCUT2D eigenvalue weighted by Crippen LogP contribution is 2.34. The fourth-order valence-corrected chi connectivity index (χ4v) is 4.85. The van der Waals surface area contributed by atoms with E-state index in [0.717, 1.165) is 41.5 Å². The summed E-state index contributed by atoms with van der Waals surface area (Å²) < 4.78 is 2.98. The minimum atomic E-state index is -0.294. The summed E-state index contributed by atoms with van der Waals surface area (Å²) in [5.74, 6) is 0. The first kappa shape index (κ1) is 15.1. The number of aromatic nitrogens is 2. The Morgan fingerprint density at radius 3 is 2.62 bits per heavy atom. The van der Waals surface area contributed by atoms with Crippen molar-refractivity contribution >= 4 is 21.6 Å². The summed E-state index contributed by atoms with van der Waals surface area (Å²) in [7, 11) is 0. The minimum absolute atomic E-state index is 0.194. The molecule has 2 aromatic heterocycles. The molecule has 3 aromatic rings. The molecule has 0 fully saturated rings. The van der Waals surface area contributed by atoms with Crippen LogP contribution in [-0.2, 0) is 19.4 Å². The lowest BCUT2D eigenvalue weighted by molar-refractivity contribution is 0.697. The molecule has 4 rings (SSSR count). The summed E-state index contributed by atoms with van der Waals surface area (Å²) in [6.07, 6.45) is 5.88. The summed E-state index contributed by atoms with van der Waals surface area (Å²) >= 11 is 1.60. The Morgan fingerprint density at radius 2 is 1.88 bits per heavy atom. The molecule has 0 spiro atoms. The Hall–Kier alpha value is -2.40. The average Bonchev–Trinajstić information content (AvgIpc) is 2.99. The third kappa shape index (κ3) is 2.19. The second-order valence-corrected chi connectivity index (χ2v) is 7.13. The SMILES string of the molecule is C=CCn1c(=O)n(-c2ccccc2)c(=O)c2c3c(sc21)CCCC3. The second-order valence-electron chi connectivity index (χ2n) is 6.05. The molecule has 1 aliphatic rings. The number of hydrogen-bond acceptors (Lipinski definition) is 3.